The Hall–Kier alpha value is -0.940. The maximum absolute atomic E-state index is 12.5. The lowest BCUT2D eigenvalue weighted by molar-refractivity contribution is 0.146. The van der Waals surface area contributed by atoms with Crippen LogP contribution in [-0.4, -0.2) is 10.1 Å². The summed E-state index contributed by atoms with van der Waals surface area (Å²) in [6.07, 6.45) is -1.74. The lowest BCUT2D eigenvalue weighted by atomic mass is 10.1. The van der Waals surface area contributed by atoms with Gasteiger partial charge in [0.25, 0.3) is 12.0 Å². The van der Waals surface area contributed by atoms with Crippen LogP contribution in [0.1, 0.15) is 23.1 Å². The molecule has 1 rings (SSSR count). The van der Waals surface area contributed by atoms with Gasteiger partial charge in [0, 0.05) is 22.9 Å². The van der Waals surface area contributed by atoms with E-state index in [0.717, 1.165) is 6.20 Å². The molecule has 0 amide bonds. The van der Waals surface area contributed by atoms with Crippen LogP contribution in [0.2, 0.25) is 0 Å². The molecule has 0 unspecified atom stereocenters. The molecule has 0 fully saturated rings. The number of pyridine rings is 1. The molecule has 0 aliphatic heterocycles. The Balaban J connectivity index is 3.44. The number of aromatic nitrogens is 1. The summed E-state index contributed by atoms with van der Waals surface area (Å²) < 4.78 is 25.0. The van der Waals surface area contributed by atoms with Crippen molar-refractivity contribution in [2.45, 2.75) is 18.9 Å². The van der Waals surface area contributed by atoms with Crippen molar-refractivity contribution >= 4 is 11.6 Å². The molecule has 14 heavy (non-hydrogen) atoms. The van der Waals surface area contributed by atoms with Gasteiger partial charge in [-0.1, -0.05) is 0 Å². The number of aromatic amines is 1. The van der Waals surface area contributed by atoms with Crippen LogP contribution < -0.4 is 5.56 Å². The van der Waals surface area contributed by atoms with Gasteiger partial charge in [-0.15, -0.1) is 11.6 Å². The monoisotopic (exact) mass is 223 g/mol. The zero-order valence-electron chi connectivity index (χ0n) is 7.06. The summed E-state index contributed by atoms with van der Waals surface area (Å²) in [5.41, 5.74) is -1.30. The highest BCUT2D eigenvalue weighted by Gasteiger charge is 2.19. The lowest BCUT2D eigenvalue weighted by Crippen LogP contribution is -2.16. The van der Waals surface area contributed by atoms with E-state index in [1.165, 1.54) is 0 Å². The fourth-order valence-electron chi connectivity index (χ4n) is 1.17. The van der Waals surface area contributed by atoms with E-state index in [1.54, 1.807) is 0 Å². The quantitative estimate of drug-likeness (QED) is 0.764. The Morgan fingerprint density at radius 1 is 1.57 bits per heavy atom. The number of rotatable bonds is 3. The van der Waals surface area contributed by atoms with Gasteiger partial charge in [-0.2, -0.15) is 0 Å². The first-order chi connectivity index (χ1) is 6.61. The Bertz CT molecular complexity index is 378. The number of hydrogen-bond acceptors (Lipinski definition) is 2. The third-order valence-electron chi connectivity index (χ3n) is 1.84. The van der Waals surface area contributed by atoms with Gasteiger partial charge in [-0.3, -0.25) is 4.79 Å². The Morgan fingerprint density at radius 3 is 2.64 bits per heavy atom. The number of aliphatic hydroxyl groups excluding tert-OH is 1. The summed E-state index contributed by atoms with van der Waals surface area (Å²) in [6.45, 7) is -0.555. The van der Waals surface area contributed by atoms with E-state index in [9.17, 15) is 13.6 Å². The van der Waals surface area contributed by atoms with Crippen LogP contribution in [0.4, 0.5) is 8.78 Å². The second kappa shape index (κ2) is 4.52. The molecule has 6 heteroatoms. The average Bonchev–Trinajstić information content (AvgIpc) is 2.17. The first-order valence-corrected chi connectivity index (χ1v) is 4.33. The highest BCUT2D eigenvalue weighted by Crippen LogP contribution is 2.25. The Labute approximate surface area is 83.3 Å². The molecule has 2 N–H and O–H groups in total. The third kappa shape index (κ3) is 1.93. The predicted molar refractivity (Wildman–Crippen MR) is 47.5 cm³/mol. The molecule has 0 aromatic carbocycles. The summed E-state index contributed by atoms with van der Waals surface area (Å²) in [5, 5.41) is 8.78. The zero-order chi connectivity index (χ0) is 10.7. The lowest BCUT2D eigenvalue weighted by Gasteiger charge is -2.09. The van der Waals surface area contributed by atoms with Gasteiger partial charge in [0.05, 0.1) is 12.5 Å². The molecule has 3 nitrogen and oxygen atoms in total. The first kappa shape index (κ1) is 11.1. The van der Waals surface area contributed by atoms with Gasteiger partial charge >= 0.3 is 0 Å². The van der Waals surface area contributed by atoms with E-state index in [-0.39, 0.29) is 17.0 Å². The third-order valence-corrected chi connectivity index (χ3v) is 2.11. The number of halogens is 3. The molecule has 0 saturated carbocycles. The van der Waals surface area contributed by atoms with Gasteiger partial charge in [0.15, 0.2) is 0 Å². The molecule has 0 aliphatic carbocycles. The standard InChI is InChI=1S/C8H8ClF2NO2/c9-1-5-6(7(10)11)4(3-13)2-12-8(5)14/h2,7,13H,1,3H2,(H,12,14). The van der Waals surface area contributed by atoms with Gasteiger partial charge in [-0.05, 0) is 0 Å². The summed E-state index contributed by atoms with van der Waals surface area (Å²) in [7, 11) is 0. The van der Waals surface area contributed by atoms with Crippen LogP contribution in [0.3, 0.4) is 0 Å². The average molecular weight is 224 g/mol. The van der Waals surface area contributed by atoms with Crippen LogP contribution in [0, 0.1) is 0 Å². The minimum absolute atomic E-state index is 0.00440. The maximum atomic E-state index is 12.5. The van der Waals surface area contributed by atoms with E-state index < -0.39 is 24.2 Å². The van der Waals surface area contributed by atoms with Crippen molar-refractivity contribution in [3.8, 4) is 0 Å². The molecule has 78 valence electrons. The summed E-state index contributed by atoms with van der Waals surface area (Å²) in [5.74, 6) is -0.303. The smallest absolute Gasteiger partial charge is 0.264 e. The summed E-state index contributed by atoms with van der Waals surface area (Å²) in [6, 6.07) is 0. The first-order valence-electron chi connectivity index (χ1n) is 3.80. The highest BCUT2D eigenvalue weighted by atomic mass is 35.5. The van der Waals surface area contributed by atoms with E-state index in [1.807, 2.05) is 0 Å². The van der Waals surface area contributed by atoms with E-state index in [2.05, 4.69) is 4.98 Å². The molecule has 0 aliphatic rings. The highest BCUT2D eigenvalue weighted by molar-refractivity contribution is 6.17. The van der Waals surface area contributed by atoms with Crippen LogP contribution in [0.25, 0.3) is 0 Å². The molecule has 0 atom stereocenters. The molecule has 0 saturated heterocycles. The van der Waals surface area contributed by atoms with Gasteiger partial charge in [0.2, 0.25) is 0 Å². The number of hydrogen-bond donors (Lipinski definition) is 2. The van der Waals surface area contributed by atoms with Crippen molar-refractivity contribution < 1.29 is 13.9 Å². The largest absolute Gasteiger partial charge is 0.392 e. The summed E-state index contributed by atoms with van der Waals surface area (Å²) >= 11 is 5.38. The maximum Gasteiger partial charge on any atom is 0.264 e. The van der Waals surface area contributed by atoms with Gasteiger partial charge < -0.3 is 10.1 Å². The molecular weight excluding hydrogens is 216 g/mol. The predicted octanol–water partition coefficient (Wildman–Crippen LogP) is 1.54. The van der Waals surface area contributed by atoms with Crippen molar-refractivity contribution in [1.82, 2.24) is 4.98 Å². The number of aliphatic hydroxyl groups is 1. The molecular formula is C8H8ClF2NO2. The van der Waals surface area contributed by atoms with Crippen molar-refractivity contribution in [2.75, 3.05) is 0 Å². The fraction of sp³-hybridized carbons (Fsp3) is 0.375. The molecule has 1 heterocycles. The fourth-order valence-corrected chi connectivity index (χ4v) is 1.43. The van der Waals surface area contributed by atoms with Gasteiger partial charge in [0.1, 0.15) is 0 Å². The van der Waals surface area contributed by atoms with Crippen molar-refractivity contribution in [1.29, 1.82) is 0 Å². The Kier molecular flexibility index (Phi) is 3.60. The van der Waals surface area contributed by atoms with Crippen molar-refractivity contribution in [3.63, 3.8) is 0 Å². The number of H-pyrrole nitrogens is 1. The second-order valence-electron chi connectivity index (χ2n) is 2.63. The number of alkyl halides is 3. The molecule has 1 aromatic heterocycles. The van der Waals surface area contributed by atoms with E-state index >= 15 is 0 Å². The second-order valence-corrected chi connectivity index (χ2v) is 2.89. The number of nitrogens with one attached hydrogen (secondary N) is 1. The SMILES string of the molecule is O=c1[nH]cc(CO)c(C(F)F)c1CCl. The van der Waals surface area contributed by atoms with Crippen molar-refractivity contribution in [3.05, 3.63) is 33.2 Å². The molecule has 0 radical (unpaired) electrons. The van der Waals surface area contributed by atoms with Gasteiger partial charge in [-0.25, -0.2) is 8.78 Å². The molecule has 0 bridgehead atoms. The normalized spacial score (nSPS) is 10.9. The van der Waals surface area contributed by atoms with Crippen LogP contribution in [-0.2, 0) is 12.5 Å². The van der Waals surface area contributed by atoms with Crippen molar-refractivity contribution in [2.24, 2.45) is 0 Å². The minimum Gasteiger partial charge on any atom is -0.392 e. The van der Waals surface area contributed by atoms with Crippen LogP contribution in [0.15, 0.2) is 11.0 Å². The van der Waals surface area contributed by atoms with Crippen LogP contribution >= 0.6 is 11.6 Å². The van der Waals surface area contributed by atoms with Crippen LogP contribution in [0.5, 0.6) is 0 Å². The molecule has 0 spiro atoms. The topological polar surface area (TPSA) is 53.1 Å². The Morgan fingerprint density at radius 2 is 2.21 bits per heavy atom. The van der Waals surface area contributed by atoms with E-state index in [4.69, 9.17) is 16.7 Å². The molecule has 1 aromatic rings. The zero-order valence-corrected chi connectivity index (χ0v) is 7.81. The minimum atomic E-state index is -2.81. The van der Waals surface area contributed by atoms with E-state index in [0.29, 0.717) is 0 Å². The summed E-state index contributed by atoms with van der Waals surface area (Å²) in [4.78, 5) is 13.3.